The highest BCUT2D eigenvalue weighted by Gasteiger charge is 2.30. The summed E-state index contributed by atoms with van der Waals surface area (Å²) in [5.41, 5.74) is 1.02. The third kappa shape index (κ3) is 6.77. The van der Waals surface area contributed by atoms with Crippen molar-refractivity contribution in [2.75, 3.05) is 13.2 Å². The van der Waals surface area contributed by atoms with Crippen molar-refractivity contribution >= 4 is 10.0 Å². The Morgan fingerprint density at radius 2 is 1.84 bits per heavy atom. The number of ether oxygens (including phenoxy) is 1. The Kier molecular flexibility index (Phi) is 9.71. The Balaban J connectivity index is 3.01. The highest BCUT2D eigenvalue weighted by molar-refractivity contribution is 7.89. The Labute approximate surface area is 153 Å². The maximum atomic E-state index is 13.1. The van der Waals surface area contributed by atoms with Crippen LogP contribution in [0.15, 0.2) is 54.5 Å². The van der Waals surface area contributed by atoms with Gasteiger partial charge in [0.2, 0.25) is 10.0 Å². The Hall–Kier alpha value is -1.43. The van der Waals surface area contributed by atoms with E-state index >= 15 is 0 Å². The molecule has 1 aromatic rings. The van der Waals surface area contributed by atoms with E-state index in [2.05, 4.69) is 20.1 Å². The molecule has 0 aliphatic carbocycles. The van der Waals surface area contributed by atoms with Gasteiger partial charge in [-0.2, -0.15) is 4.31 Å². The maximum Gasteiger partial charge on any atom is 0.245 e. The largest absolute Gasteiger partial charge is 0.358 e. The SMILES string of the molecule is C=CCCCN([C@H](C=C)OCCCCC)S(=O)(=O)c1ccc(C)cc1. The third-order valence-electron chi connectivity index (χ3n) is 3.94. The van der Waals surface area contributed by atoms with Crippen LogP contribution in [0.3, 0.4) is 0 Å². The number of rotatable bonds is 13. The van der Waals surface area contributed by atoms with Crippen molar-refractivity contribution in [1.82, 2.24) is 4.31 Å². The fraction of sp³-hybridized carbons (Fsp3) is 0.500. The number of hydrogen-bond acceptors (Lipinski definition) is 3. The summed E-state index contributed by atoms with van der Waals surface area (Å²) >= 11 is 0. The molecule has 4 nitrogen and oxygen atoms in total. The minimum Gasteiger partial charge on any atom is -0.358 e. The molecule has 0 fully saturated rings. The summed E-state index contributed by atoms with van der Waals surface area (Å²) in [6.45, 7) is 12.4. The third-order valence-corrected chi connectivity index (χ3v) is 5.81. The van der Waals surface area contributed by atoms with Crippen molar-refractivity contribution < 1.29 is 13.2 Å². The summed E-state index contributed by atoms with van der Waals surface area (Å²) in [6, 6.07) is 6.89. The van der Waals surface area contributed by atoms with Gasteiger partial charge in [-0.3, -0.25) is 0 Å². The summed E-state index contributed by atoms with van der Waals surface area (Å²) in [6.07, 6.45) is 7.20. The lowest BCUT2D eigenvalue weighted by Gasteiger charge is -2.29. The normalized spacial score (nSPS) is 12.9. The van der Waals surface area contributed by atoms with Crippen molar-refractivity contribution in [3.05, 3.63) is 55.1 Å². The average Bonchev–Trinajstić information content (AvgIpc) is 2.60. The molecule has 0 radical (unpaired) electrons. The predicted molar refractivity (Wildman–Crippen MR) is 104 cm³/mol. The van der Waals surface area contributed by atoms with Gasteiger partial charge in [0.25, 0.3) is 0 Å². The minimum atomic E-state index is -3.65. The lowest BCUT2D eigenvalue weighted by atomic mass is 10.2. The molecule has 0 N–H and O–H groups in total. The summed E-state index contributed by atoms with van der Waals surface area (Å²) in [4.78, 5) is 0.278. The van der Waals surface area contributed by atoms with Gasteiger partial charge in [-0.15, -0.1) is 6.58 Å². The predicted octanol–water partition coefficient (Wildman–Crippen LogP) is 4.67. The molecule has 5 heteroatoms. The van der Waals surface area contributed by atoms with Gasteiger partial charge in [0.1, 0.15) is 6.23 Å². The van der Waals surface area contributed by atoms with Crippen LogP contribution in [0.4, 0.5) is 0 Å². The number of aryl methyl sites for hydroxylation is 1. The first-order chi connectivity index (χ1) is 12.0. The van der Waals surface area contributed by atoms with Gasteiger partial charge < -0.3 is 4.74 Å². The van der Waals surface area contributed by atoms with E-state index in [9.17, 15) is 8.42 Å². The number of benzene rings is 1. The van der Waals surface area contributed by atoms with Crippen LogP contribution >= 0.6 is 0 Å². The standard InChI is InChI=1S/C20H31NO3S/c1-5-8-10-16-21(20(7-3)24-17-11-9-6-2)25(22,23)19-14-12-18(4)13-15-19/h5,7,12-15,20H,1,3,6,8-11,16-17H2,2,4H3/t20-/m0/s1. The van der Waals surface area contributed by atoms with E-state index in [0.717, 1.165) is 31.2 Å². The topological polar surface area (TPSA) is 46.6 Å². The van der Waals surface area contributed by atoms with E-state index in [1.807, 2.05) is 6.92 Å². The van der Waals surface area contributed by atoms with Crippen LogP contribution in [0.25, 0.3) is 0 Å². The van der Waals surface area contributed by atoms with Gasteiger partial charge >= 0.3 is 0 Å². The number of unbranched alkanes of at least 4 members (excludes halogenated alkanes) is 3. The number of hydrogen-bond donors (Lipinski definition) is 0. The van der Waals surface area contributed by atoms with Crippen LogP contribution in [0.1, 0.15) is 44.6 Å². The lowest BCUT2D eigenvalue weighted by molar-refractivity contribution is 0.0120. The van der Waals surface area contributed by atoms with Gasteiger partial charge in [0.15, 0.2) is 0 Å². The van der Waals surface area contributed by atoms with Crippen LogP contribution in [0.5, 0.6) is 0 Å². The fourth-order valence-corrected chi connectivity index (χ4v) is 3.99. The molecule has 25 heavy (non-hydrogen) atoms. The molecular formula is C20H31NO3S. The molecular weight excluding hydrogens is 334 g/mol. The van der Waals surface area contributed by atoms with E-state index < -0.39 is 16.3 Å². The number of allylic oxidation sites excluding steroid dienone is 1. The molecule has 1 rings (SSSR count). The highest BCUT2D eigenvalue weighted by Crippen LogP contribution is 2.21. The first-order valence-corrected chi connectivity index (χ1v) is 10.3. The van der Waals surface area contributed by atoms with Crippen LogP contribution in [-0.4, -0.2) is 32.1 Å². The van der Waals surface area contributed by atoms with E-state index in [-0.39, 0.29) is 4.90 Å². The molecule has 1 atom stereocenters. The van der Waals surface area contributed by atoms with Gasteiger partial charge in [-0.25, -0.2) is 8.42 Å². The second kappa shape index (κ2) is 11.2. The molecule has 0 aliphatic rings. The Morgan fingerprint density at radius 3 is 2.40 bits per heavy atom. The molecule has 0 aromatic heterocycles. The van der Waals surface area contributed by atoms with Gasteiger partial charge in [-0.1, -0.05) is 50.1 Å². The minimum absolute atomic E-state index is 0.278. The lowest BCUT2D eigenvalue weighted by Crippen LogP contribution is -2.41. The molecule has 140 valence electrons. The summed E-state index contributed by atoms with van der Waals surface area (Å²) in [5.74, 6) is 0. The Morgan fingerprint density at radius 1 is 1.16 bits per heavy atom. The van der Waals surface area contributed by atoms with Gasteiger partial charge in [0, 0.05) is 13.2 Å². The van der Waals surface area contributed by atoms with Crippen LogP contribution < -0.4 is 0 Å². The van der Waals surface area contributed by atoms with E-state index in [0.29, 0.717) is 19.6 Å². The first-order valence-electron chi connectivity index (χ1n) is 8.91. The van der Waals surface area contributed by atoms with Crippen LogP contribution in [0, 0.1) is 6.92 Å². The molecule has 0 aliphatic heterocycles. The summed E-state index contributed by atoms with van der Waals surface area (Å²) in [5, 5.41) is 0. The average molecular weight is 366 g/mol. The van der Waals surface area contributed by atoms with Crippen molar-refractivity contribution in [1.29, 1.82) is 0 Å². The zero-order chi connectivity index (χ0) is 18.7. The zero-order valence-corrected chi connectivity index (χ0v) is 16.3. The van der Waals surface area contributed by atoms with Crippen molar-refractivity contribution in [2.24, 2.45) is 0 Å². The van der Waals surface area contributed by atoms with Crippen molar-refractivity contribution in [3.8, 4) is 0 Å². The second-order valence-corrected chi connectivity index (χ2v) is 7.95. The molecule has 0 spiro atoms. The molecule has 0 amide bonds. The van der Waals surface area contributed by atoms with Crippen LogP contribution in [-0.2, 0) is 14.8 Å². The zero-order valence-electron chi connectivity index (χ0n) is 15.5. The Bertz CT molecular complexity index is 623. The second-order valence-electron chi connectivity index (χ2n) is 6.06. The van der Waals surface area contributed by atoms with E-state index in [4.69, 9.17) is 4.74 Å². The fourth-order valence-electron chi connectivity index (χ4n) is 2.45. The monoisotopic (exact) mass is 365 g/mol. The smallest absolute Gasteiger partial charge is 0.245 e. The maximum absolute atomic E-state index is 13.1. The van der Waals surface area contributed by atoms with Gasteiger partial charge in [-0.05, 0) is 44.4 Å². The number of sulfonamides is 1. The van der Waals surface area contributed by atoms with E-state index in [1.165, 1.54) is 4.31 Å². The van der Waals surface area contributed by atoms with Crippen molar-refractivity contribution in [3.63, 3.8) is 0 Å². The summed E-state index contributed by atoms with van der Waals surface area (Å²) < 4.78 is 33.4. The molecule has 0 bridgehead atoms. The summed E-state index contributed by atoms with van der Waals surface area (Å²) in [7, 11) is -3.65. The van der Waals surface area contributed by atoms with Gasteiger partial charge in [0.05, 0.1) is 4.90 Å². The van der Waals surface area contributed by atoms with Crippen molar-refractivity contribution in [2.45, 2.75) is 57.1 Å². The molecule has 0 saturated carbocycles. The van der Waals surface area contributed by atoms with E-state index in [1.54, 1.807) is 36.4 Å². The van der Waals surface area contributed by atoms with Crippen LogP contribution in [0.2, 0.25) is 0 Å². The molecule has 0 unspecified atom stereocenters. The number of nitrogens with zero attached hydrogens (tertiary/aromatic N) is 1. The molecule has 0 saturated heterocycles. The molecule has 0 heterocycles. The highest BCUT2D eigenvalue weighted by atomic mass is 32.2. The molecule has 1 aromatic carbocycles. The first kappa shape index (κ1) is 21.6. The quantitative estimate of drug-likeness (QED) is 0.290.